The van der Waals surface area contributed by atoms with Gasteiger partial charge in [0.25, 0.3) is 5.91 Å². The van der Waals surface area contributed by atoms with Crippen molar-refractivity contribution < 1.29 is 19.4 Å². The van der Waals surface area contributed by atoms with Crippen LogP contribution in [0.3, 0.4) is 0 Å². The molecule has 4 aromatic rings. The molecule has 2 aliphatic heterocycles. The molecule has 3 heterocycles. The molecule has 6 rings (SSSR count). The summed E-state index contributed by atoms with van der Waals surface area (Å²) < 4.78 is 6.79. The number of aromatic nitrogens is 1. The summed E-state index contributed by atoms with van der Waals surface area (Å²) in [5.41, 5.74) is 5.23. The maximum Gasteiger partial charge on any atom is 0.335 e. The first-order valence-corrected chi connectivity index (χ1v) is 15.3. The van der Waals surface area contributed by atoms with Crippen molar-refractivity contribution >= 4 is 57.2 Å². The minimum atomic E-state index is -0.961. The molecule has 0 radical (unpaired) electrons. The third-order valence-electron chi connectivity index (χ3n) is 7.75. The second-order valence-corrected chi connectivity index (χ2v) is 12.2. The van der Waals surface area contributed by atoms with Gasteiger partial charge in [0.1, 0.15) is 16.7 Å². The van der Waals surface area contributed by atoms with Gasteiger partial charge in [-0.15, -0.1) is 0 Å². The summed E-state index contributed by atoms with van der Waals surface area (Å²) in [5.74, 6) is -0.351. The van der Waals surface area contributed by atoms with Crippen molar-refractivity contribution in [1.29, 1.82) is 0 Å². The molecule has 0 aliphatic carbocycles. The van der Waals surface area contributed by atoms with Gasteiger partial charge in [-0.3, -0.25) is 14.6 Å². The first-order chi connectivity index (χ1) is 20.4. The van der Waals surface area contributed by atoms with E-state index in [1.54, 1.807) is 29.2 Å². The second-order valence-electron chi connectivity index (χ2n) is 10.5. The van der Waals surface area contributed by atoms with E-state index in [-0.39, 0.29) is 11.5 Å². The number of hydrogen-bond donors (Lipinski definition) is 2. The summed E-state index contributed by atoms with van der Waals surface area (Å²) in [4.78, 5) is 32.5. The Hall–Kier alpha value is -3.92. The van der Waals surface area contributed by atoms with Crippen LogP contribution in [0.15, 0.2) is 77.8 Å². The van der Waals surface area contributed by atoms with Crippen molar-refractivity contribution in [2.45, 2.75) is 19.3 Å². The van der Waals surface area contributed by atoms with Crippen LogP contribution in [-0.2, 0) is 11.2 Å². The zero-order valence-corrected chi connectivity index (χ0v) is 24.7. The van der Waals surface area contributed by atoms with Crippen LogP contribution in [0.2, 0.25) is 0 Å². The third kappa shape index (κ3) is 6.28. The molecule has 1 amide bonds. The summed E-state index contributed by atoms with van der Waals surface area (Å²) in [6.45, 7) is 4.11. The van der Waals surface area contributed by atoms with Gasteiger partial charge in [-0.2, -0.15) is 0 Å². The molecule has 2 N–H and O–H groups in total. The number of nitrogens with zero attached hydrogens (tertiary/aromatic N) is 2. The average molecular weight is 598 g/mol. The predicted molar refractivity (Wildman–Crippen MR) is 172 cm³/mol. The summed E-state index contributed by atoms with van der Waals surface area (Å²) in [7, 11) is 0. The van der Waals surface area contributed by atoms with E-state index in [0.29, 0.717) is 28.8 Å². The number of thioether (sulfide) groups is 1. The molecule has 9 heteroatoms. The highest BCUT2D eigenvalue weighted by Crippen LogP contribution is 2.36. The molecule has 0 spiro atoms. The van der Waals surface area contributed by atoms with Gasteiger partial charge in [-0.1, -0.05) is 48.2 Å². The standard InChI is InChI=1S/C33H31N3O4S2/c37-31-30(42-33(41)36(31)16-12-22-3-5-23(6-4-22)32(38)39)21-27-20-25(24-7-9-28-26(19-24)11-13-34-28)8-10-29(27)40-18-17-35-14-1-2-15-35/h3-11,13,19-21,34H,1-2,12,14-18H2,(H,38,39). The van der Waals surface area contributed by atoms with Gasteiger partial charge in [0.05, 0.1) is 10.5 Å². The zero-order valence-electron chi connectivity index (χ0n) is 23.0. The van der Waals surface area contributed by atoms with Crippen LogP contribution in [0.5, 0.6) is 5.75 Å². The smallest absolute Gasteiger partial charge is 0.335 e. The largest absolute Gasteiger partial charge is 0.492 e. The summed E-state index contributed by atoms with van der Waals surface area (Å²) >= 11 is 6.89. The number of nitrogens with one attached hydrogen (secondary N) is 1. The maximum atomic E-state index is 13.5. The third-order valence-corrected chi connectivity index (χ3v) is 9.12. The Morgan fingerprint density at radius 3 is 2.55 bits per heavy atom. The van der Waals surface area contributed by atoms with Crippen LogP contribution in [0.25, 0.3) is 28.1 Å². The van der Waals surface area contributed by atoms with Crippen molar-refractivity contribution in [1.82, 2.24) is 14.8 Å². The number of carboxylic acids is 1. The number of H-pyrrole nitrogens is 1. The Kier molecular flexibility index (Phi) is 8.41. The maximum absolute atomic E-state index is 13.5. The van der Waals surface area contributed by atoms with E-state index in [0.717, 1.165) is 58.5 Å². The van der Waals surface area contributed by atoms with Crippen LogP contribution >= 0.6 is 24.0 Å². The molecule has 0 bridgehead atoms. The minimum absolute atomic E-state index is 0.130. The highest BCUT2D eigenvalue weighted by Gasteiger charge is 2.32. The topological polar surface area (TPSA) is 85.9 Å². The number of ether oxygens (including phenoxy) is 1. The zero-order chi connectivity index (χ0) is 29.1. The number of aromatic amines is 1. The van der Waals surface area contributed by atoms with Gasteiger partial charge < -0.3 is 14.8 Å². The van der Waals surface area contributed by atoms with Crippen molar-refractivity contribution in [3.63, 3.8) is 0 Å². The van der Waals surface area contributed by atoms with Gasteiger partial charge in [-0.25, -0.2) is 4.79 Å². The molecule has 3 aromatic carbocycles. The summed E-state index contributed by atoms with van der Waals surface area (Å²) in [6.07, 6.45) is 6.87. The number of likely N-dealkylation sites (tertiary alicyclic amines) is 1. The van der Waals surface area contributed by atoms with E-state index in [1.807, 2.05) is 18.3 Å². The van der Waals surface area contributed by atoms with Crippen molar-refractivity contribution in [2.75, 3.05) is 32.8 Å². The van der Waals surface area contributed by atoms with E-state index >= 15 is 0 Å². The lowest BCUT2D eigenvalue weighted by atomic mass is 10.0. The monoisotopic (exact) mass is 597 g/mol. The van der Waals surface area contributed by atoms with E-state index in [2.05, 4.69) is 46.3 Å². The number of rotatable bonds is 10. The number of amides is 1. The van der Waals surface area contributed by atoms with Crippen LogP contribution in [0, 0.1) is 0 Å². The van der Waals surface area contributed by atoms with Crippen LogP contribution in [-0.4, -0.2) is 68.9 Å². The van der Waals surface area contributed by atoms with Gasteiger partial charge in [0.2, 0.25) is 0 Å². The minimum Gasteiger partial charge on any atom is -0.492 e. The van der Waals surface area contributed by atoms with Gasteiger partial charge in [-0.05, 0) is 103 Å². The highest BCUT2D eigenvalue weighted by molar-refractivity contribution is 8.26. The van der Waals surface area contributed by atoms with Crippen molar-refractivity contribution in [2.24, 2.45) is 0 Å². The SMILES string of the molecule is O=C(O)c1ccc(CCN2C(=O)C(=Cc3cc(-c4ccc5[nH]ccc5c4)ccc3OCCN3CCCC3)SC2=S)cc1. The van der Waals surface area contributed by atoms with E-state index in [1.165, 1.54) is 24.6 Å². The number of carboxylic acid groups (broad SMARTS) is 1. The molecule has 2 fully saturated rings. The Bertz CT molecular complexity index is 1670. The first-order valence-electron chi connectivity index (χ1n) is 14.1. The molecular formula is C33H31N3O4S2. The molecule has 2 aliphatic rings. The quantitative estimate of drug-likeness (QED) is 0.161. The van der Waals surface area contributed by atoms with Crippen molar-refractivity contribution in [3.8, 4) is 16.9 Å². The normalized spacial score (nSPS) is 16.7. The Morgan fingerprint density at radius 2 is 1.76 bits per heavy atom. The van der Waals surface area contributed by atoms with Gasteiger partial charge in [0.15, 0.2) is 0 Å². The number of benzene rings is 3. The molecule has 0 saturated carbocycles. The molecule has 214 valence electrons. The van der Waals surface area contributed by atoms with Crippen molar-refractivity contribution in [3.05, 3.63) is 94.5 Å². The molecule has 0 atom stereocenters. The fourth-order valence-corrected chi connectivity index (χ4v) is 6.68. The van der Waals surface area contributed by atoms with E-state index < -0.39 is 5.97 Å². The Morgan fingerprint density at radius 1 is 1.00 bits per heavy atom. The van der Waals surface area contributed by atoms with Crippen LogP contribution in [0.1, 0.15) is 34.3 Å². The fraction of sp³-hybridized carbons (Fsp3) is 0.242. The number of hydrogen-bond acceptors (Lipinski definition) is 6. The lowest BCUT2D eigenvalue weighted by Gasteiger charge is -2.17. The number of carbonyl (C=O) groups excluding carboxylic acids is 1. The van der Waals surface area contributed by atoms with Crippen LogP contribution < -0.4 is 4.74 Å². The summed E-state index contributed by atoms with van der Waals surface area (Å²) in [6, 6.07) is 21.2. The predicted octanol–water partition coefficient (Wildman–Crippen LogP) is 6.45. The molecule has 7 nitrogen and oxygen atoms in total. The lowest BCUT2D eigenvalue weighted by molar-refractivity contribution is -0.122. The fourth-order valence-electron chi connectivity index (χ4n) is 5.38. The highest BCUT2D eigenvalue weighted by atomic mass is 32.2. The molecule has 42 heavy (non-hydrogen) atoms. The Balaban J connectivity index is 1.23. The number of fused-ring (bicyclic) bond motifs is 1. The summed E-state index contributed by atoms with van der Waals surface area (Å²) in [5, 5.41) is 10.3. The van der Waals surface area contributed by atoms with Crippen LogP contribution in [0.4, 0.5) is 0 Å². The number of carbonyl (C=O) groups is 2. The lowest BCUT2D eigenvalue weighted by Crippen LogP contribution is -2.30. The van der Waals surface area contributed by atoms with Gasteiger partial charge >= 0.3 is 5.97 Å². The molecule has 1 aromatic heterocycles. The Labute approximate surface area is 254 Å². The molecule has 2 saturated heterocycles. The molecule has 0 unspecified atom stereocenters. The average Bonchev–Trinajstić information content (AvgIpc) is 3.74. The first kappa shape index (κ1) is 28.2. The molecular weight excluding hydrogens is 567 g/mol. The van der Waals surface area contributed by atoms with Gasteiger partial charge in [0, 0.05) is 30.4 Å². The number of thiocarbonyl (C=S) groups is 1. The number of aromatic carboxylic acids is 1. The van der Waals surface area contributed by atoms with E-state index in [9.17, 15) is 9.59 Å². The second kappa shape index (κ2) is 12.5. The van der Waals surface area contributed by atoms with E-state index in [4.69, 9.17) is 22.1 Å².